The molecular weight excluding hydrogens is 438 g/mol. The smallest absolute Gasteiger partial charge is 0.303 e. The minimum atomic E-state index is -0.817. The molecule has 2 heterocycles. The number of nitrogens with zero attached hydrogens (tertiary/aromatic N) is 1. The van der Waals surface area contributed by atoms with Crippen molar-refractivity contribution in [3.8, 4) is 0 Å². The van der Waals surface area contributed by atoms with Crippen LogP contribution in [-0.4, -0.2) is 94.2 Å². The number of hydrogen-bond donors (Lipinski definition) is 0. The van der Waals surface area contributed by atoms with Crippen molar-refractivity contribution in [3.63, 3.8) is 0 Å². The monoisotopic (exact) mass is 475 g/mol. The molecule has 0 aromatic heterocycles. The second-order valence-electron chi connectivity index (χ2n) is 12.1. The molecule has 6 fully saturated rings. The predicted molar refractivity (Wildman–Crippen MR) is 120 cm³/mol. The maximum absolute atomic E-state index is 12.7. The highest BCUT2D eigenvalue weighted by atomic mass is 16.7. The topological polar surface area (TPSA) is 75.7 Å². The Morgan fingerprint density at radius 3 is 2.62 bits per heavy atom. The summed E-state index contributed by atoms with van der Waals surface area (Å²) in [7, 11) is 7.63. The summed E-state index contributed by atoms with van der Waals surface area (Å²) in [5.41, 5.74) is -1.95. The number of carbonyl (C=O) groups excluding carboxylic acids is 1. The van der Waals surface area contributed by atoms with Crippen LogP contribution < -0.4 is 0 Å². The van der Waals surface area contributed by atoms with Crippen molar-refractivity contribution >= 4 is 5.97 Å². The van der Waals surface area contributed by atoms with Crippen molar-refractivity contribution < 1.29 is 33.2 Å². The van der Waals surface area contributed by atoms with Crippen LogP contribution in [0.1, 0.15) is 26.7 Å². The van der Waals surface area contributed by atoms with Crippen LogP contribution in [0.3, 0.4) is 0 Å². The molecule has 5 aliphatic carbocycles. The zero-order valence-electron chi connectivity index (χ0n) is 21.0. The van der Waals surface area contributed by atoms with Crippen molar-refractivity contribution in [2.75, 3.05) is 41.7 Å². The molecule has 4 saturated carbocycles. The number of likely N-dealkylation sites (tertiary alicyclic amines) is 1. The molecule has 0 amide bonds. The molecule has 2 aliphatic heterocycles. The first kappa shape index (κ1) is 22.2. The van der Waals surface area contributed by atoms with E-state index in [0.717, 1.165) is 19.4 Å². The maximum atomic E-state index is 12.7. The molecule has 0 radical (unpaired) electrons. The summed E-state index contributed by atoms with van der Waals surface area (Å²) in [5.74, 6) is 0.470. The molecule has 0 aromatic rings. The van der Waals surface area contributed by atoms with Crippen LogP contribution in [0.25, 0.3) is 0 Å². The first-order valence-corrected chi connectivity index (χ1v) is 12.7. The standard InChI is InChI=1S/C26H37NO7/c1-13(28)34-21-20-23(2)8-7-17(30-5)25(20)15-9-14-16(29-4)10-24(18(15)19(14)31-6)26(21,33-12-32-24)22(25)27(3)11-23/h7-8,14-22H,9-12H2,1-6H3/t14-,15-,16+,17-,18-,19-,20+,21-,22-,23-,24-,25-,26+/m0/s1. The van der Waals surface area contributed by atoms with E-state index in [4.69, 9.17) is 28.4 Å². The van der Waals surface area contributed by atoms with E-state index in [1.165, 1.54) is 6.92 Å². The van der Waals surface area contributed by atoms with Crippen LogP contribution in [0.5, 0.6) is 0 Å². The molecule has 7 rings (SSSR count). The largest absolute Gasteiger partial charge is 0.459 e. The fourth-order valence-electron chi connectivity index (χ4n) is 11.2. The van der Waals surface area contributed by atoms with Crippen LogP contribution in [0, 0.1) is 34.5 Å². The first-order valence-electron chi connectivity index (χ1n) is 12.7. The molecule has 7 aliphatic rings. The lowest BCUT2D eigenvalue weighted by molar-refractivity contribution is -0.267. The molecule has 188 valence electrons. The van der Waals surface area contributed by atoms with Crippen LogP contribution in [0.4, 0.5) is 0 Å². The Morgan fingerprint density at radius 1 is 1.15 bits per heavy atom. The predicted octanol–water partition coefficient (Wildman–Crippen LogP) is 1.62. The number of likely N-dealkylation sites (N-methyl/N-ethyl adjacent to an activating group) is 1. The van der Waals surface area contributed by atoms with Gasteiger partial charge in [-0.15, -0.1) is 0 Å². The Balaban J connectivity index is 1.58. The third-order valence-corrected chi connectivity index (χ3v) is 11.3. The second-order valence-corrected chi connectivity index (χ2v) is 12.1. The van der Waals surface area contributed by atoms with Gasteiger partial charge in [-0.05, 0) is 19.4 Å². The maximum Gasteiger partial charge on any atom is 0.303 e. The summed E-state index contributed by atoms with van der Waals surface area (Å²) in [6.07, 6.45) is 5.75. The van der Waals surface area contributed by atoms with Crippen molar-refractivity contribution in [1.29, 1.82) is 0 Å². The van der Waals surface area contributed by atoms with E-state index in [1.807, 2.05) is 14.2 Å². The third kappa shape index (κ3) is 2.00. The molecular formula is C26H37NO7. The minimum absolute atomic E-state index is 0.00118. The minimum Gasteiger partial charge on any atom is -0.459 e. The van der Waals surface area contributed by atoms with E-state index in [9.17, 15) is 4.79 Å². The van der Waals surface area contributed by atoms with Gasteiger partial charge in [0.2, 0.25) is 0 Å². The number of piperidine rings is 1. The molecule has 0 unspecified atom stereocenters. The SMILES string of the molecule is CO[C@H]1[C@H]2C[C@H]3[C@@H]1[C@]1(C[C@H]2OC)OCO[C@@]12[C@@H](OC(C)=O)[C@H]1[C@@]34[C@@H](OC)C=C[C@@]1(C)CN(C)[C@@H]42. The Labute approximate surface area is 201 Å². The van der Waals surface area contributed by atoms with Crippen molar-refractivity contribution in [1.82, 2.24) is 4.90 Å². The van der Waals surface area contributed by atoms with Gasteiger partial charge in [0.1, 0.15) is 18.5 Å². The van der Waals surface area contributed by atoms with E-state index in [-0.39, 0.29) is 65.7 Å². The highest BCUT2D eigenvalue weighted by molar-refractivity contribution is 5.67. The summed E-state index contributed by atoms with van der Waals surface area (Å²) in [6, 6.07) is -0.00654. The summed E-state index contributed by atoms with van der Waals surface area (Å²) in [5, 5.41) is 0. The van der Waals surface area contributed by atoms with E-state index in [0.29, 0.717) is 5.92 Å². The molecule has 34 heavy (non-hydrogen) atoms. The molecule has 7 bridgehead atoms. The zero-order chi connectivity index (χ0) is 23.8. The molecule has 8 heteroatoms. The average Bonchev–Trinajstić information content (AvgIpc) is 3.37. The zero-order valence-corrected chi connectivity index (χ0v) is 21.0. The normalized spacial score (nSPS) is 60.4. The van der Waals surface area contributed by atoms with E-state index in [1.54, 1.807) is 7.11 Å². The number of esters is 1. The highest BCUT2D eigenvalue weighted by Gasteiger charge is 2.93. The van der Waals surface area contributed by atoms with Gasteiger partial charge in [0.25, 0.3) is 0 Å². The summed E-state index contributed by atoms with van der Waals surface area (Å²) < 4.78 is 38.7. The summed E-state index contributed by atoms with van der Waals surface area (Å²) >= 11 is 0. The Hall–Kier alpha value is -1.03. The van der Waals surface area contributed by atoms with Gasteiger partial charge >= 0.3 is 5.97 Å². The number of fused-ring (bicyclic) bond motifs is 1. The fourth-order valence-corrected chi connectivity index (χ4v) is 11.2. The summed E-state index contributed by atoms with van der Waals surface area (Å²) in [4.78, 5) is 15.1. The molecule has 2 saturated heterocycles. The van der Waals surface area contributed by atoms with Gasteiger partial charge in [-0.25, -0.2) is 0 Å². The number of carbonyl (C=O) groups is 1. The average molecular weight is 476 g/mol. The van der Waals surface area contributed by atoms with Crippen LogP contribution in [0.2, 0.25) is 0 Å². The first-order chi connectivity index (χ1) is 16.3. The third-order valence-electron chi connectivity index (χ3n) is 11.3. The van der Waals surface area contributed by atoms with E-state index in [2.05, 4.69) is 31.0 Å². The van der Waals surface area contributed by atoms with Gasteiger partial charge in [0, 0.05) is 69.8 Å². The van der Waals surface area contributed by atoms with E-state index >= 15 is 0 Å². The molecule has 3 spiro atoms. The molecule has 13 atom stereocenters. The molecule has 8 nitrogen and oxygen atoms in total. The lowest BCUT2D eigenvalue weighted by Crippen LogP contribution is -2.80. The number of ether oxygens (including phenoxy) is 6. The van der Waals surface area contributed by atoms with Gasteiger partial charge in [0.05, 0.1) is 24.4 Å². The number of rotatable bonds is 4. The van der Waals surface area contributed by atoms with Gasteiger partial charge in [-0.2, -0.15) is 0 Å². The molecule has 0 aromatic carbocycles. The van der Waals surface area contributed by atoms with Crippen molar-refractivity contribution in [3.05, 3.63) is 12.2 Å². The summed E-state index contributed by atoms with van der Waals surface area (Å²) in [6.45, 7) is 4.90. The van der Waals surface area contributed by atoms with Crippen LogP contribution in [0.15, 0.2) is 12.2 Å². The fraction of sp³-hybridized carbons (Fsp3) is 0.885. The number of hydrogen-bond acceptors (Lipinski definition) is 8. The van der Waals surface area contributed by atoms with E-state index < -0.39 is 17.3 Å². The van der Waals surface area contributed by atoms with Crippen molar-refractivity contribution in [2.45, 2.75) is 68.3 Å². The van der Waals surface area contributed by atoms with Crippen LogP contribution >= 0.6 is 0 Å². The Kier molecular flexibility index (Phi) is 4.33. The Bertz CT molecular complexity index is 957. The van der Waals surface area contributed by atoms with Gasteiger partial charge < -0.3 is 28.4 Å². The van der Waals surface area contributed by atoms with Crippen LogP contribution in [-0.2, 0) is 33.2 Å². The lowest BCUT2D eigenvalue weighted by atomic mass is 9.44. The molecule has 0 N–H and O–H groups in total. The highest BCUT2D eigenvalue weighted by Crippen LogP contribution is 2.81. The van der Waals surface area contributed by atoms with Gasteiger partial charge in [-0.3, -0.25) is 9.69 Å². The quantitative estimate of drug-likeness (QED) is 0.449. The Morgan fingerprint density at radius 2 is 1.94 bits per heavy atom. The second kappa shape index (κ2) is 6.64. The van der Waals surface area contributed by atoms with Gasteiger partial charge in [-0.1, -0.05) is 19.1 Å². The number of methoxy groups -OCH3 is 3. The van der Waals surface area contributed by atoms with Gasteiger partial charge in [0.15, 0.2) is 5.60 Å². The lowest BCUT2D eigenvalue weighted by Gasteiger charge is -2.67. The van der Waals surface area contributed by atoms with Crippen molar-refractivity contribution in [2.24, 2.45) is 34.5 Å².